The third-order valence-corrected chi connectivity index (χ3v) is 8.63. The van der Waals surface area contributed by atoms with E-state index in [2.05, 4.69) is 10.0 Å². The lowest BCUT2D eigenvalue weighted by molar-refractivity contribution is -0.145. The molecule has 2 aromatic carbocycles. The van der Waals surface area contributed by atoms with Crippen molar-refractivity contribution in [1.82, 2.24) is 15.0 Å². The second kappa shape index (κ2) is 16.0. The number of nitrogens with two attached hydrogens (primary N) is 2. The number of hydrogen-bond donors (Lipinski definition) is 2. The number of hydrazone groups is 1. The maximum Gasteiger partial charge on any atom is 0.416 e. The molecule has 1 fully saturated rings. The molecule has 0 unspecified atom stereocenters. The molecule has 1 aromatic heterocycles. The predicted octanol–water partition coefficient (Wildman–Crippen LogP) is 6.90. The zero-order valence-corrected chi connectivity index (χ0v) is 27.8. The maximum atomic E-state index is 13.7. The summed E-state index contributed by atoms with van der Waals surface area (Å²) in [6, 6.07) is 10.8. The Labute approximate surface area is 281 Å². The van der Waals surface area contributed by atoms with Gasteiger partial charge in [-0.2, -0.15) is 26.3 Å². The van der Waals surface area contributed by atoms with Gasteiger partial charge in [-0.1, -0.05) is 18.2 Å². The van der Waals surface area contributed by atoms with Gasteiger partial charge >= 0.3 is 18.3 Å². The molecule has 3 aromatic rings. The van der Waals surface area contributed by atoms with E-state index in [4.69, 9.17) is 21.3 Å². The lowest BCUT2D eigenvalue weighted by Gasteiger charge is -2.34. The molecular weight excluding hydrogens is 652 g/mol. The van der Waals surface area contributed by atoms with Crippen molar-refractivity contribution in [3.8, 4) is 0 Å². The first-order chi connectivity index (χ1) is 23.1. The fourth-order valence-corrected chi connectivity index (χ4v) is 6.27. The molecule has 15 heteroatoms. The second-order valence-corrected chi connectivity index (χ2v) is 12.4. The Morgan fingerprint density at radius 1 is 0.939 bits per heavy atom. The van der Waals surface area contributed by atoms with E-state index in [9.17, 15) is 31.1 Å². The summed E-state index contributed by atoms with van der Waals surface area (Å²) >= 11 is 0. The van der Waals surface area contributed by atoms with Crippen LogP contribution < -0.4 is 16.5 Å². The van der Waals surface area contributed by atoms with Crippen LogP contribution in [-0.2, 0) is 35.0 Å². The average molecular weight is 696 g/mol. The highest BCUT2D eigenvalue weighted by Gasteiger charge is 2.37. The normalized spacial score (nSPS) is 17.2. The topological polar surface area (TPSA) is 113 Å². The first-order valence-electron chi connectivity index (χ1n) is 16.2. The zero-order chi connectivity index (χ0) is 35.9. The molecule has 1 aliphatic rings. The highest BCUT2D eigenvalue weighted by molar-refractivity contribution is 5.83. The van der Waals surface area contributed by atoms with E-state index >= 15 is 0 Å². The van der Waals surface area contributed by atoms with Crippen LogP contribution >= 0.6 is 0 Å². The smallest absolute Gasteiger partial charge is 0.416 e. The van der Waals surface area contributed by atoms with Gasteiger partial charge in [-0.15, -0.1) is 5.10 Å². The van der Waals surface area contributed by atoms with Crippen molar-refractivity contribution in [2.75, 3.05) is 31.6 Å². The second-order valence-electron chi connectivity index (χ2n) is 12.4. The summed E-state index contributed by atoms with van der Waals surface area (Å²) in [6.45, 7) is 4.90. The van der Waals surface area contributed by atoms with Crippen molar-refractivity contribution in [2.45, 2.75) is 71.4 Å². The van der Waals surface area contributed by atoms with Gasteiger partial charge in [0.15, 0.2) is 0 Å². The molecule has 268 valence electrons. The average Bonchev–Trinajstić information content (AvgIpc) is 3.02. The summed E-state index contributed by atoms with van der Waals surface area (Å²) < 4.78 is 87.3. The molecule has 0 aliphatic heterocycles. The number of fused-ring (bicyclic) bond motifs is 1. The summed E-state index contributed by atoms with van der Waals surface area (Å²) in [4.78, 5) is 20.5. The SMILES string of the molecule is CCOC(=O)CC1CCC(CN(CC)c2nc3ccccc3cc2CN(Cc2cc(C(F)(F)F)cc(C(F)(F)F)c2)/C(N)=N/N(C)N)CC1. The number of pyridine rings is 1. The van der Waals surface area contributed by atoms with Crippen LogP contribution in [0.5, 0.6) is 0 Å². The number of ether oxygens (including phenoxy) is 1. The summed E-state index contributed by atoms with van der Waals surface area (Å²) in [5.41, 5.74) is 4.55. The fourth-order valence-electron chi connectivity index (χ4n) is 6.27. The van der Waals surface area contributed by atoms with Crippen molar-refractivity contribution in [3.63, 3.8) is 0 Å². The number of halogens is 6. The van der Waals surface area contributed by atoms with E-state index in [1.165, 1.54) is 11.9 Å². The van der Waals surface area contributed by atoms with Crippen LogP contribution in [0.15, 0.2) is 53.6 Å². The monoisotopic (exact) mass is 695 g/mol. The Morgan fingerprint density at radius 2 is 1.55 bits per heavy atom. The maximum absolute atomic E-state index is 13.7. The van der Waals surface area contributed by atoms with Gasteiger partial charge in [0.1, 0.15) is 5.82 Å². The lowest BCUT2D eigenvalue weighted by Crippen LogP contribution is -2.40. The minimum Gasteiger partial charge on any atom is -0.466 e. The third kappa shape index (κ3) is 10.4. The molecule has 4 rings (SSSR count). The molecule has 49 heavy (non-hydrogen) atoms. The van der Waals surface area contributed by atoms with Gasteiger partial charge in [0.25, 0.3) is 0 Å². The number of carbonyl (C=O) groups excluding carboxylic acids is 1. The number of alkyl halides is 6. The van der Waals surface area contributed by atoms with E-state index in [-0.39, 0.29) is 36.0 Å². The first-order valence-corrected chi connectivity index (χ1v) is 16.2. The largest absolute Gasteiger partial charge is 0.466 e. The minimum atomic E-state index is -5.01. The van der Waals surface area contributed by atoms with Gasteiger partial charge in [-0.3, -0.25) is 4.79 Å². The van der Waals surface area contributed by atoms with Gasteiger partial charge in [0, 0.05) is 50.6 Å². The van der Waals surface area contributed by atoms with E-state index in [0.717, 1.165) is 41.7 Å². The van der Waals surface area contributed by atoms with Crippen LogP contribution in [0, 0.1) is 11.8 Å². The third-order valence-electron chi connectivity index (χ3n) is 8.63. The predicted molar refractivity (Wildman–Crippen MR) is 176 cm³/mol. The number of benzene rings is 2. The fraction of sp³-hybridized carbons (Fsp3) is 0.500. The number of aromatic nitrogens is 1. The molecule has 4 N–H and O–H groups in total. The summed E-state index contributed by atoms with van der Waals surface area (Å²) in [5.74, 6) is 6.52. The number of carbonyl (C=O) groups is 1. The number of para-hydroxylation sites is 1. The van der Waals surface area contributed by atoms with Crippen molar-refractivity contribution >= 4 is 28.6 Å². The lowest BCUT2D eigenvalue weighted by atomic mass is 9.80. The Balaban J connectivity index is 1.68. The zero-order valence-electron chi connectivity index (χ0n) is 27.8. The number of nitrogens with zero attached hydrogens (tertiary/aromatic N) is 5. The Morgan fingerprint density at radius 3 is 2.12 bits per heavy atom. The van der Waals surface area contributed by atoms with Crippen LogP contribution in [0.2, 0.25) is 0 Å². The first kappa shape index (κ1) is 37.5. The molecule has 1 aliphatic carbocycles. The van der Waals surface area contributed by atoms with Gasteiger partial charge in [0.05, 0.1) is 23.3 Å². The highest BCUT2D eigenvalue weighted by atomic mass is 19.4. The molecule has 9 nitrogen and oxygen atoms in total. The summed E-state index contributed by atoms with van der Waals surface area (Å²) in [5, 5.41) is 5.72. The number of esters is 1. The molecule has 0 radical (unpaired) electrons. The Kier molecular flexibility index (Phi) is 12.2. The van der Waals surface area contributed by atoms with Crippen LogP contribution in [0.25, 0.3) is 10.9 Å². The van der Waals surface area contributed by atoms with E-state index < -0.39 is 30.0 Å². The molecule has 0 atom stereocenters. The molecule has 0 bridgehead atoms. The number of hydrogen-bond acceptors (Lipinski definition) is 7. The van der Waals surface area contributed by atoms with E-state index in [1.807, 2.05) is 37.3 Å². The minimum absolute atomic E-state index is 0.0449. The van der Waals surface area contributed by atoms with Gasteiger partial charge in [-0.05, 0) is 87.3 Å². The quantitative estimate of drug-likeness (QED) is 0.0526. The van der Waals surface area contributed by atoms with Crippen molar-refractivity contribution in [3.05, 3.63) is 70.8 Å². The molecule has 0 saturated heterocycles. The van der Waals surface area contributed by atoms with Crippen LogP contribution in [0.1, 0.15) is 68.2 Å². The summed E-state index contributed by atoms with van der Waals surface area (Å²) in [6.07, 6.45) is -6.00. The van der Waals surface area contributed by atoms with Crippen molar-refractivity contribution < 1.29 is 35.9 Å². The molecule has 0 amide bonds. The van der Waals surface area contributed by atoms with Crippen molar-refractivity contribution in [2.24, 2.45) is 28.5 Å². The Hall–Kier alpha value is -4.27. The van der Waals surface area contributed by atoms with E-state index in [0.29, 0.717) is 55.5 Å². The van der Waals surface area contributed by atoms with Crippen molar-refractivity contribution in [1.29, 1.82) is 0 Å². The number of anilines is 1. The van der Waals surface area contributed by atoms with Gasteiger partial charge in [0.2, 0.25) is 5.96 Å². The molecule has 1 heterocycles. The van der Waals surface area contributed by atoms with Gasteiger partial charge in [-0.25, -0.2) is 15.9 Å². The summed E-state index contributed by atoms with van der Waals surface area (Å²) in [7, 11) is 1.39. The highest BCUT2D eigenvalue weighted by Crippen LogP contribution is 2.37. The molecular formula is C34H43F6N7O2. The molecule has 0 spiro atoms. The van der Waals surface area contributed by atoms with E-state index in [1.54, 1.807) is 6.92 Å². The number of guanidine groups is 1. The van der Waals surface area contributed by atoms with Gasteiger partial charge < -0.3 is 20.3 Å². The standard InChI is InChI=1S/C34H43F6N7O2/c1-4-46(19-23-12-10-22(11-13-23)16-30(48)49-5-2)31-26(17-25-8-6-7-9-29(25)43-31)21-47(32(41)44-45(3)42)20-24-14-27(33(35,36)37)18-28(15-24)34(38,39)40/h6-9,14-15,17-18,22-23H,4-5,10-13,16,19-21,42H2,1-3H3,(H2,41,44). The number of hydrazine groups is 1. The Bertz CT molecular complexity index is 1570. The molecule has 1 saturated carbocycles. The van der Waals surface area contributed by atoms with Crippen LogP contribution in [0.4, 0.5) is 32.2 Å². The van der Waals surface area contributed by atoms with Crippen LogP contribution in [-0.4, -0.2) is 53.7 Å². The van der Waals surface area contributed by atoms with Crippen LogP contribution in [0.3, 0.4) is 0 Å². The number of rotatable bonds is 12.